The van der Waals surface area contributed by atoms with Gasteiger partial charge in [-0.2, -0.15) is 0 Å². The van der Waals surface area contributed by atoms with Gasteiger partial charge in [-0.15, -0.1) is 0 Å². The van der Waals surface area contributed by atoms with Gasteiger partial charge in [-0.1, -0.05) is 12.1 Å². The van der Waals surface area contributed by atoms with Gasteiger partial charge in [-0.25, -0.2) is 13.8 Å². The van der Waals surface area contributed by atoms with Crippen molar-refractivity contribution in [2.45, 2.75) is 37.8 Å². The zero-order valence-electron chi connectivity index (χ0n) is 16.3. The fourth-order valence-electron chi connectivity index (χ4n) is 4.99. The number of amides is 1. The molecule has 2 aromatic carbocycles. The predicted molar refractivity (Wildman–Crippen MR) is 106 cm³/mol. The number of aliphatic imine (C=N–C) groups is 1. The first-order valence-electron chi connectivity index (χ1n) is 9.74. The molecule has 0 saturated heterocycles. The Morgan fingerprint density at radius 1 is 1.24 bits per heavy atom. The van der Waals surface area contributed by atoms with Crippen LogP contribution in [0.2, 0.25) is 0 Å². The summed E-state index contributed by atoms with van der Waals surface area (Å²) in [4.78, 5) is 18.6. The third-order valence-corrected chi connectivity index (χ3v) is 6.77. The molecule has 5 nitrogen and oxygen atoms in total. The van der Waals surface area contributed by atoms with Crippen molar-refractivity contribution in [2.75, 3.05) is 12.4 Å². The number of carbonyl (C=O) groups is 1. The number of anilines is 1. The minimum Gasteiger partial charge on any atom is -0.378 e. The summed E-state index contributed by atoms with van der Waals surface area (Å²) in [5.74, 6) is -0.721. The van der Waals surface area contributed by atoms with Crippen molar-refractivity contribution in [3.05, 3.63) is 64.7 Å². The zero-order chi connectivity index (χ0) is 20.6. The van der Waals surface area contributed by atoms with Gasteiger partial charge in [0.05, 0.1) is 11.5 Å². The van der Waals surface area contributed by atoms with Gasteiger partial charge in [0, 0.05) is 23.9 Å². The number of hydrogen-bond donors (Lipinski definition) is 2. The first-order chi connectivity index (χ1) is 13.8. The summed E-state index contributed by atoms with van der Waals surface area (Å²) in [5, 5.41) is 3.34. The van der Waals surface area contributed by atoms with E-state index in [1.165, 1.54) is 17.0 Å². The van der Waals surface area contributed by atoms with E-state index in [2.05, 4.69) is 10.3 Å². The highest BCUT2D eigenvalue weighted by molar-refractivity contribution is 6.04. The molecule has 7 heteroatoms. The van der Waals surface area contributed by atoms with Gasteiger partial charge in [0.2, 0.25) is 5.91 Å². The molecule has 3 atom stereocenters. The minimum atomic E-state index is -0.985. The molecule has 3 aliphatic rings. The lowest BCUT2D eigenvalue weighted by atomic mass is 9.91. The Bertz CT molecular complexity index is 1080. The van der Waals surface area contributed by atoms with Crippen LogP contribution < -0.4 is 11.1 Å². The Kier molecular flexibility index (Phi) is 3.61. The predicted octanol–water partition coefficient (Wildman–Crippen LogP) is 3.46. The number of carbonyl (C=O) groups excluding carboxylic acids is 1. The molecule has 5 rings (SSSR count). The lowest BCUT2D eigenvalue weighted by Gasteiger charge is -2.30. The van der Waals surface area contributed by atoms with Crippen molar-refractivity contribution in [1.82, 2.24) is 4.90 Å². The molecule has 150 valence electrons. The van der Waals surface area contributed by atoms with Crippen molar-refractivity contribution in [1.29, 1.82) is 0 Å². The molecule has 2 unspecified atom stereocenters. The van der Waals surface area contributed by atoms with Gasteiger partial charge in [-0.3, -0.25) is 9.69 Å². The minimum absolute atomic E-state index is 0.0922. The van der Waals surface area contributed by atoms with Crippen LogP contribution in [0.15, 0.2) is 41.4 Å². The van der Waals surface area contributed by atoms with Crippen LogP contribution in [0.4, 0.5) is 14.5 Å². The van der Waals surface area contributed by atoms with Crippen LogP contribution >= 0.6 is 0 Å². The number of guanidine groups is 1. The number of nitrogens with zero attached hydrogens (tertiary/aromatic N) is 2. The summed E-state index contributed by atoms with van der Waals surface area (Å²) < 4.78 is 29.2. The molecule has 2 aromatic rings. The van der Waals surface area contributed by atoms with Crippen molar-refractivity contribution >= 4 is 17.6 Å². The number of nitrogens with one attached hydrogen (secondary N) is 1. The largest absolute Gasteiger partial charge is 0.378 e. The molecule has 0 bridgehead atoms. The van der Waals surface area contributed by atoms with Crippen molar-refractivity contribution < 1.29 is 13.6 Å². The Hall–Kier alpha value is -2.96. The first-order valence-corrected chi connectivity index (χ1v) is 9.74. The van der Waals surface area contributed by atoms with Crippen LogP contribution in [0.5, 0.6) is 0 Å². The molecule has 1 aliphatic heterocycles. The quantitative estimate of drug-likeness (QED) is 0.835. The Labute approximate surface area is 167 Å². The Morgan fingerprint density at radius 3 is 2.83 bits per heavy atom. The maximum Gasteiger partial charge on any atom is 0.237 e. The Balaban J connectivity index is 1.52. The maximum atomic E-state index is 14.8. The van der Waals surface area contributed by atoms with E-state index in [1.807, 2.05) is 6.07 Å². The molecular formula is C22H22F2N4O. The van der Waals surface area contributed by atoms with E-state index in [-0.39, 0.29) is 23.7 Å². The highest BCUT2D eigenvalue weighted by Crippen LogP contribution is 2.68. The summed E-state index contributed by atoms with van der Waals surface area (Å²) in [6.45, 7) is 1.80. The van der Waals surface area contributed by atoms with Crippen molar-refractivity contribution in [3.8, 4) is 0 Å². The molecule has 29 heavy (non-hydrogen) atoms. The molecule has 2 aliphatic carbocycles. The van der Waals surface area contributed by atoms with E-state index in [0.717, 1.165) is 18.4 Å². The van der Waals surface area contributed by atoms with Crippen LogP contribution in [0.3, 0.4) is 0 Å². The van der Waals surface area contributed by atoms with Gasteiger partial charge < -0.3 is 11.1 Å². The molecule has 1 amide bonds. The van der Waals surface area contributed by atoms with Crippen LogP contribution in [0, 0.1) is 17.0 Å². The van der Waals surface area contributed by atoms with Crippen LogP contribution in [0.1, 0.15) is 42.5 Å². The molecule has 0 aromatic heterocycles. The monoisotopic (exact) mass is 396 g/mol. The fourth-order valence-corrected chi connectivity index (χ4v) is 4.99. The second kappa shape index (κ2) is 5.78. The number of aryl methyl sites for hydroxylation is 1. The summed E-state index contributed by atoms with van der Waals surface area (Å²) in [6.07, 6.45) is 1.97. The topological polar surface area (TPSA) is 70.7 Å². The summed E-state index contributed by atoms with van der Waals surface area (Å²) >= 11 is 0. The van der Waals surface area contributed by atoms with Gasteiger partial charge in [0.25, 0.3) is 0 Å². The van der Waals surface area contributed by atoms with E-state index in [9.17, 15) is 13.6 Å². The number of rotatable bonds is 3. The first kappa shape index (κ1) is 18.1. The maximum absolute atomic E-state index is 14.8. The molecule has 1 saturated carbocycles. The molecule has 3 N–H and O–H groups in total. The summed E-state index contributed by atoms with van der Waals surface area (Å²) in [7, 11) is 1.58. The zero-order valence-corrected chi connectivity index (χ0v) is 16.3. The van der Waals surface area contributed by atoms with Crippen molar-refractivity contribution in [2.24, 2.45) is 16.1 Å². The smallest absolute Gasteiger partial charge is 0.237 e. The molecule has 1 heterocycles. The van der Waals surface area contributed by atoms with Gasteiger partial charge in [0.15, 0.2) is 5.96 Å². The van der Waals surface area contributed by atoms with Crippen molar-refractivity contribution in [3.63, 3.8) is 0 Å². The SMILES string of the molecule is CN1C(=O)C2(C)C[C@]2(c2cc(NC3CCc4cccc(F)c43)ccc2F)N=C1N. The number of halogens is 2. The number of fused-ring (bicyclic) bond motifs is 2. The summed E-state index contributed by atoms with van der Waals surface area (Å²) in [6, 6.07) is 9.64. The lowest BCUT2D eigenvalue weighted by molar-refractivity contribution is -0.132. The summed E-state index contributed by atoms with van der Waals surface area (Å²) in [5.41, 5.74) is 6.83. The van der Waals surface area contributed by atoms with Crippen LogP contribution in [0.25, 0.3) is 0 Å². The van der Waals surface area contributed by atoms with E-state index in [4.69, 9.17) is 5.73 Å². The molecule has 0 radical (unpaired) electrons. The lowest BCUT2D eigenvalue weighted by Crippen LogP contribution is -2.48. The second-order valence-corrected chi connectivity index (χ2v) is 8.45. The van der Waals surface area contributed by atoms with E-state index in [1.54, 1.807) is 32.2 Å². The van der Waals surface area contributed by atoms with Gasteiger partial charge in [-0.05, 0) is 56.0 Å². The average molecular weight is 396 g/mol. The normalized spacial score (nSPS) is 29.9. The Morgan fingerprint density at radius 2 is 2.03 bits per heavy atom. The number of hydrogen-bond acceptors (Lipinski definition) is 4. The second-order valence-electron chi connectivity index (χ2n) is 8.45. The third kappa shape index (κ3) is 2.36. The average Bonchev–Trinajstić information content (AvgIpc) is 3.10. The van der Waals surface area contributed by atoms with E-state index < -0.39 is 16.8 Å². The highest BCUT2D eigenvalue weighted by Gasteiger charge is 2.74. The fraction of sp³-hybridized carbons (Fsp3) is 0.364. The van der Waals surface area contributed by atoms with E-state index >= 15 is 0 Å². The van der Waals surface area contributed by atoms with E-state index in [0.29, 0.717) is 23.2 Å². The highest BCUT2D eigenvalue weighted by atomic mass is 19.1. The third-order valence-electron chi connectivity index (χ3n) is 6.77. The number of benzene rings is 2. The van der Waals surface area contributed by atoms with Crippen LogP contribution in [-0.4, -0.2) is 23.8 Å². The molecule has 0 spiro atoms. The molecule has 1 fully saturated rings. The molecular weight excluding hydrogens is 374 g/mol. The number of nitrogens with two attached hydrogens (primary N) is 1. The standard InChI is InChI=1S/C22H22F2N4O/c1-21-11-22(21,27-20(25)28(2)19(21)29)14-10-13(7-8-15(14)23)26-17-9-6-12-4-3-5-16(24)18(12)17/h3-5,7-8,10,17,26H,6,9,11H2,1-2H3,(H2,25,27)/t17?,21?,22-/m1/s1. The van der Waals surface area contributed by atoms with Gasteiger partial charge >= 0.3 is 0 Å². The van der Waals surface area contributed by atoms with Gasteiger partial charge in [0.1, 0.15) is 17.2 Å². The van der Waals surface area contributed by atoms with Crippen LogP contribution in [-0.2, 0) is 16.8 Å².